The fraction of sp³-hybridized carbons (Fsp3) is 0.600. The third-order valence-corrected chi connectivity index (χ3v) is 5.88. The van der Waals surface area contributed by atoms with Crippen molar-refractivity contribution < 1.29 is 8.42 Å². The lowest BCUT2D eigenvalue weighted by atomic mass is 10.0. The summed E-state index contributed by atoms with van der Waals surface area (Å²) >= 11 is 5.97. The number of aryl methyl sites for hydroxylation is 1. The van der Waals surface area contributed by atoms with E-state index in [9.17, 15) is 8.42 Å². The molecule has 2 atom stereocenters. The number of likely N-dealkylation sites (N-methyl/N-ethyl adjacent to an activating group) is 1. The Morgan fingerprint density at radius 3 is 2.64 bits per heavy atom. The number of nitrogens with one attached hydrogen (secondary N) is 1. The molecule has 7 heteroatoms. The molecule has 0 unspecified atom stereocenters. The largest absolute Gasteiger partial charge is 0.309 e. The van der Waals surface area contributed by atoms with Gasteiger partial charge in [0.2, 0.25) is 10.0 Å². The predicted molar refractivity (Wildman–Crippen MR) is 89.8 cm³/mol. The van der Waals surface area contributed by atoms with Crippen LogP contribution in [-0.4, -0.2) is 65.0 Å². The molecule has 1 aliphatic heterocycles. The van der Waals surface area contributed by atoms with Gasteiger partial charge in [0.1, 0.15) is 0 Å². The van der Waals surface area contributed by atoms with Crippen LogP contribution >= 0.6 is 11.6 Å². The Balaban J connectivity index is 2.18. The van der Waals surface area contributed by atoms with Crippen LogP contribution in [0.3, 0.4) is 0 Å². The van der Waals surface area contributed by atoms with Crippen molar-refractivity contribution in [2.24, 2.45) is 5.92 Å². The van der Waals surface area contributed by atoms with E-state index in [2.05, 4.69) is 14.5 Å². The topological polar surface area (TPSA) is 52.7 Å². The monoisotopic (exact) mass is 345 g/mol. The molecule has 124 valence electrons. The van der Waals surface area contributed by atoms with Crippen LogP contribution < -0.4 is 4.72 Å². The van der Waals surface area contributed by atoms with E-state index < -0.39 is 10.0 Å². The molecule has 0 aromatic heterocycles. The van der Waals surface area contributed by atoms with Gasteiger partial charge >= 0.3 is 0 Å². The molecule has 1 aromatic carbocycles. The van der Waals surface area contributed by atoms with Crippen LogP contribution in [0, 0.1) is 12.8 Å². The lowest BCUT2D eigenvalue weighted by Crippen LogP contribution is -2.43. The van der Waals surface area contributed by atoms with E-state index in [1.54, 1.807) is 25.1 Å². The van der Waals surface area contributed by atoms with Gasteiger partial charge in [-0.3, -0.25) is 0 Å². The van der Waals surface area contributed by atoms with Crippen LogP contribution in [0.25, 0.3) is 0 Å². The fourth-order valence-electron chi connectivity index (χ4n) is 2.93. The van der Waals surface area contributed by atoms with Crippen molar-refractivity contribution in [3.8, 4) is 0 Å². The second-order valence-corrected chi connectivity index (χ2v) is 8.50. The minimum atomic E-state index is -3.53. The molecule has 5 nitrogen and oxygen atoms in total. The van der Waals surface area contributed by atoms with Gasteiger partial charge in [-0.1, -0.05) is 11.6 Å². The van der Waals surface area contributed by atoms with Gasteiger partial charge in [0, 0.05) is 36.6 Å². The van der Waals surface area contributed by atoms with E-state index in [0.29, 0.717) is 5.02 Å². The number of nitrogens with zero attached hydrogens (tertiary/aromatic N) is 2. The van der Waals surface area contributed by atoms with Crippen LogP contribution in [0.2, 0.25) is 5.02 Å². The normalized spacial score (nSPS) is 23.4. The standard InChI is InChI=1S/C15H24ClN3O2S/c1-11-7-13(5-6-14(11)16)22(20,21)17-15-10-19(4)9-12(15)8-18(2)3/h5-7,12,15,17H,8-10H2,1-4H3/t12-,15-/m1/s1. The molecular weight excluding hydrogens is 322 g/mol. The van der Waals surface area contributed by atoms with Crippen molar-refractivity contribution in [3.05, 3.63) is 28.8 Å². The summed E-state index contributed by atoms with van der Waals surface area (Å²) in [7, 11) is 2.50. The summed E-state index contributed by atoms with van der Waals surface area (Å²) in [4.78, 5) is 4.53. The summed E-state index contributed by atoms with van der Waals surface area (Å²) in [5, 5.41) is 0.574. The zero-order valence-electron chi connectivity index (χ0n) is 13.5. The maximum Gasteiger partial charge on any atom is 0.240 e. The number of hydrogen-bond acceptors (Lipinski definition) is 4. The highest BCUT2D eigenvalue weighted by molar-refractivity contribution is 7.89. The van der Waals surface area contributed by atoms with Crippen LogP contribution in [0.1, 0.15) is 5.56 Å². The van der Waals surface area contributed by atoms with Crippen LogP contribution in [0.4, 0.5) is 0 Å². The average molecular weight is 346 g/mol. The summed E-state index contributed by atoms with van der Waals surface area (Å²) in [5.41, 5.74) is 0.762. The average Bonchev–Trinajstić information content (AvgIpc) is 2.71. The molecule has 1 aromatic rings. The number of halogens is 1. The highest BCUT2D eigenvalue weighted by atomic mass is 35.5. The molecule has 22 heavy (non-hydrogen) atoms. The first-order valence-corrected chi connectivity index (χ1v) is 9.17. The first kappa shape index (κ1) is 17.7. The van der Waals surface area contributed by atoms with Crippen LogP contribution in [-0.2, 0) is 10.0 Å². The van der Waals surface area contributed by atoms with Crippen molar-refractivity contribution in [2.75, 3.05) is 40.8 Å². The Hall–Kier alpha value is -0.660. The number of benzene rings is 1. The zero-order chi connectivity index (χ0) is 16.5. The lowest BCUT2D eigenvalue weighted by molar-refractivity contribution is 0.304. The number of hydrogen-bond donors (Lipinski definition) is 1. The Labute approximate surface area is 138 Å². The van der Waals surface area contributed by atoms with Gasteiger partial charge in [-0.2, -0.15) is 0 Å². The molecule has 1 heterocycles. The van der Waals surface area contributed by atoms with Gasteiger partial charge in [-0.05, 0) is 51.8 Å². The summed E-state index contributed by atoms with van der Waals surface area (Å²) in [5.74, 6) is 0.281. The van der Waals surface area contributed by atoms with E-state index in [0.717, 1.165) is 25.2 Å². The Bertz CT molecular complexity index is 634. The molecule has 1 aliphatic rings. The molecule has 0 radical (unpaired) electrons. The highest BCUT2D eigenvalue weighted by Gasteiger charge is 2.34. The third-order valence-electron chi connectivity index (χ3n) is 3.97. The van der Waals surface area contributed by atoms with Crippen molar-refractivity contribution in [2.45, 2.75) is 17.9 Å². The molecule has 0 saturated carbocycles. The van der Waals surface area contributed by atoms with Gasteiger partial charge in [-0.25, -0.2) is 13.1 Å². The molecule has 1 saturated heterocycles. The molecule has 0 amide bonds. The van der Waals surface area contributed by atoms with Gasteiger partial charge < -0.3 is 9.80 Å². The smallest absolute Gasteiger partial charge is 0.240 e. The van der Waals surface area contributed by atoms with Gasteiger partial charge in [0.25, 0.3) is 0 Å². The summed E-state index contributed by atoms with van der Waals surface area (Å²) in [6.45, 7) is 4.28. The van der Waals surface area contributed by atoms with Gasteiger partial charge in [-0.15, -0.1) is 0 Å². The first-order valence-electron chi connectivity index (χ1n) is 7.31. The molecule has 1 fully saturated rings. The third kappa shape index (κ3) is 4.20. The summed E-state index contributed by atoms with van der Waals surface area (Å²) < 4.78 is 28.1. The zero-order valence-corrected chi connectivity index (χ0v) is 15.1. The van der Waals surface area contributed by atoms with Crippen molar-refractivity contribution in [3.63, 3.8) is 0 Å². The highest BCUT2D eigenvalue weighted by Crippen LogP contribution is 2.22. The molecule has 0 aliphatic carbocycles. The first-order chi connectivity index (χ1) is 10.2. The number of sulfonamides is 1. The Morgan fingerprint density at radius 1 is 1.36 bits per heavy atom. The van der Waals surface area contributed by atoms with Crippen LogP contribution in [0.5, 0.6) is 0 Å². The molecular formula is C15H24ClN3O2S. The van der Waals surface area contributed by atoms with E-state index in [4.69, 9.17) is 11.6 Å². The fourth-order valence-corrected chi connectivity index (χ4v) is 4.42. The minimum absolute atomic E-state index is 0.0756. The predicted octanol–water partition coefficient (Wildman–Crippen LogP) is 1.42. The van der Waals surface area contributed by atoms with Crippen LogP contribution in [0.15, 0.2) is 23.1 Å². The molecule has 0 spiro atoms. The van der Waals surface area contributed by atoms with Gasteiger partial charge in [0.15, 0.2) is 0 Å². The Morgan fingerprint density at radius 2 is 2.05 bits per heavy atom. The second kappa shape index (κ2) is 6.84. The second-order valence-electron chi connectivity index (χ2n) is 6.38. The van der Waals surface area contributed by atoms with Crippen molar-refractivity contribution in [1.82, 2.24) is 14.5 Å². The molecule has 0 bridgehead atoms. The molecule has 1 N–H and O–H groups in total. The van der Waals surface area contributed by atoms with Crippen molar-refractivity contribution >= 4 is 21.6 Å². The van der Waals surface area contributed by atoms with E-state index in [1.165, 1.54) is 0 Å². The lowest BCUT2D eigenvalue weighted by Gasteiger charge is -2.23. The van der Waals surface area contributed by atoms with E-state index in [-0.39, 0.29) is 16.9 Å². The Kier molecular flexibility index (Phi) is 5.50. The maximum absolute atomic E-state index is 12.6. The van der Waals surface area contributed by atoms with Crippen molar-refractivity contribution in [1.29, 1.82) is 0 Å². The summed E-state index contributed by atoms with van der Waals surface area (Å²) in [6, 6.07) is 4.72. The summed E-state index contributed by atoms with van der Waals surface area (Å²) in [6.07, 6.45) is 0. The van der Waals surface area contributed by atoms with Gasteiger partial charge in [0.05, 0.1) is 4.90 Å². The maximum atomic E-state index is 12.6. The SMILES string of the molecule is Cc1cc(S(=O)(=O)N[C@@H]2CN(C)C[C@H]2CN(C)C)ccc1Cl. The number of rotatable bonds is 5. The number of likely N-dealkylation sites (tertiary alicyclic amines) is 1. The molecule has 2 rings (SSSR count). The van der Waals surface area contributed by atoms with E-state index in [1.807, 2.05) is 21.1 Å². The van der Waals surface area contributed by atoms with E-state index >= 15 is 0 Å². The minimum Gasteiger partial charge on any atom is -0.309 e. The quantitative estimate of drug-likeness (QED) is 0.877.